The van der Waals surface area contributed by atoms with Crippen LogP contribution in [0.15, 0.2) is 0 Å². The molecular formula is C13H18S. The van der Waals surface area contributed by atoms with Crippen molar-refractivity contribution < 1.29 is 0 Å². The molecule has 2 atom stereocenters. The van der Waals surface area contributed by atoms with Crippen molar-refractivity contribution in [3.05, 3.63) is 20.9 Å². The molecule has 0 bridgehead atoms. The average Bonchev–Trinajstić information content (AvgIpc) is 2.56. The Bertz CT molecular complexity index is 398. The molecule has 14 heavy (non-hydrogen) atoms. The number of fused-ring (bicyclic) bond motifs is 3. The van der Waals surface area contributed by atoms with Gasteiger partial charge in [-0.2, -0.15) is 0 Å². The van der Waals surface area contributed by atoms with Crippen LogP contribution in [0, 0.1) is 18.3 Å². The highest BCUT2D eigenvalue weighted by molar-refractivity contribution is 7.12. The molecule has 3 rings (SSSR count). The first-order valence-electron chi connectivity index (χ1n) is 5.68. The van der Waals surface area contributed by atoms with Crippen LogP contribution < -0.4 is 0 Å². The lowest BCUT2D eigenvalue weighted by Gasteiger charge is -2.09. The largest absolute Gasteiger partial charge is 0.145 e. The molecule has 76 valence electrons. The van der Waals surface area contributed by atoms with Gasteiger partial charge in [0.05, 0.1) is 0 Å². The summed E-state index contributed by atoms with van der Waals surface area (Å²) in [6, 6.07) is 0. The second-order valence-corrected chi connectivity index (χ2v) is 6.75. The highest BCUT2D eigenvalue weighted by atomic mass is 32.1. The second-order valence-electron chi connectivity index (χ2n) is 5.44. The lowest BCUT2D eigenvalue weighted by Crippen LogP contribution is -2.00. The van der Waals surface area contributed by atoms with Gasteiger partial charge in [-0.1, -0.05) is 20.8 Å². The van der Waals surface area contributed by atoms with Gasteiger partial charge in [-0.15, -0.1) is 11.3 Å². The van der Waals surface area contributed by atoms with Crippen LogP contribution in [-0.4, -0.2) is 0 Å². The van der Waals surface area contributed by atoms with Gasteiger partial charge in [0, 0.05) is 9.75 Å². The molecule has 0 amide bonds. The number of aryl methyl sites for hydroxylation is 2. The summed E-state index contributed by atoms with van der Waals surface area (Å²) in [6.45, 7) is 9.49. The SMILES string of the molecule is CCc1sc(C)c2c1CC1C2C1(C)C. The lowest BCUT2D eigenvalue weighted by atomic mass is 9.95. The molecule has 0 aromatic carbocycles. The summed E-state index contributed by atoms with van der Waals surface area (Å²) in [4.78, 5) is 3.27. The molecule has 0 N–H and O–H groups in total. The highest BCUT2D eigenvalue weighted by Gasteiger charge is 2.63. The van der Waals surface area contributed by atoms with E-state index in [1.807, 2.05) is 11.3 Å². The lowest BCUT2D eigenvalue weighted by molar-refractivity contribution is 0.540. The van der Waals surface area contributed by atoms with Crippen molar-refractivity contribution in [1.82, 2.24) is 0 Å². The van der Waals surface area contributed by atoms with Crippen LogP contribution in [0.5, 0.6) is 0 Å². The molecule has 1 fully saturated rings. The van der Waals surface area contributed by atoms with Gasteiger partial charge in [-0.05, 0) is 48.1 Å². The third-order valence-electron chi connectivity index (χ3n) is 4.42. The predicted octanol–water partition coefficient (Wildman–Crippen LogP) is 3.91. The Balaban J connectivity index is 2.11. The molecule has 2 unspecified atom stereocenters. The standard InChI is InChI=1S/C13H18S/c1-5-10-8-6-9-12(13(9,3)4)11(8)7(2)14-10/h9,12H,5-6H2,1-4H3. The fraction of sp³-hybridized carbons (Fsp3) is 0.692. The Labute approximate surface area is 90.3 Å². The maximum absolute atomic E-state index is 2.44. The van der Waals surface area contributed by atoms with Gasteiger partial charge in [0.25, 0.3) is 0 Å². The van der Waals surface area contributed by atoms with Gasteiger partial charge in [0.15, 0.2) is 0 Å². The van der Waals surface area contributed by atoms with Crippen molar-refractivity contribution in [3.63, 3.8) is 0 Å². The molecular weight excluding hydrogens is 188 g/mol. The summed E-state index contributed by atoms with van der Waals surface area (Å²) >= 11 is 2.05. The molecule has 0 saturated heterocycles. The highest BCUT2D eigenvalue weighted by Crippen LogP contribution is 2.71. The maximum atomic E-state index is 2.44. The fourth-order valence-corrected chi connectivity index (χ4v) is 4.69. The van der Waals surface area contributed by atoms with Crippen LogP contribution in [0.1, 0.15) is 47.6 Å². The third-order valence-corrected chi connectivity index (χ3v) is 5.73. The first-order chi connectivity index (χ1) is 6.57. The van der Waals surface area contributed by atoms with E-state index in [2.05, 4.69) is 27.7 Å². The van der Waals surface area contributed by atoms with Crippen LogP contribution >= 0.6 is 11.3 Å². The average molecular weight is 206 g/mol. The van der Waals surface area contributed by atoms with Crippen molar-refractivity contribution in [2.24, 2.45) is 11.3 Å². The van der Waals surface area contributed by atoms with E-state index in [9.17, 15) is 0 Å². The molecule has 0 aliphatic heterocycles. The molecule has 1 aromatic heterocycles. The summed E-state index contributed by atoms with van der Waals surface area (Å²) in [5.41, 5.74) is 4.11. The molecule has 2 aliphatic carbocycles. The van der Waals surface area contributed by atoms with Gasteiger partial charge >= 0.3 is 0 Å². The Morgan fingerprint density at radius 2 is 2.14 bits per heavy atom. The molecule has 2 aliphatic rings. The Morgan fingerprint density at radius 1 is 1.43 bits per heavy atom. The normalized spacial score (nSPS) is 31.4. The summed E-state index contributed by atoms with van der Waals surface area (Å²) < 4.78 is 0. The van der Waals surface area contributed by atoms with Crippen molar-refractivity contribution in [3.8, 4) is 0 Å². The third kappa shape index (κ3) is 0.850. The van der Waals surface area contributed by atoms with Crippen molar-refractivity contribution >= 4 is 11.3 Å². The number of hydrogen-bond donors (Lipinski definition) is 0. The quantitative estimate of drug-likeness (QED) is 0.653. The minimum atomic E-state index is 0.615. The van der Waals surface area contributed by atoms with Gasteiger partial charge in [-0.25, -0.2) is 0 Å². The van der Waals surface area contributed by atoms with Crippen molar-refractivity contribution in [2.75, 3.05) is 0 Å². The fourth-order valence-electron chi connectivity index (χ4n) is 3.50. The van der Waals surface area contributed by atoms with E-state index in [-0.39, 0.29) is 0 Å². The molecule has 1 saturated carbocycles. The Hall–Kier alpha value is -0.300. The first kappa shape index (κ1) is 8.96. The maximum Gasteiger partial charge on any atom is 0.00803 e. The molecule has 0 nitrogen and oxygen atoms in total. The van der Waals surface area contributed by atoms with Crippen molar-refractivity contribution in [1.29, 1.82) is 0 Å². The molecule has 1 heterocycles. The van der Waals surface area contributed by atoms with E-state index in [4.69, 9.17) is 0 Å². The van der Waals surface area contributed by atoms with E-state index < -0.39 is 0 Å². The smallest absolute Gasteiger partial charge is 0.00803 e. The first-order valence-corrected chi connectivity index (χ1v) is 6.50. The van der Waals surface area contributed by atoms with Crippen LogP contribution in [0.4, 0.5) is 0 Å². The topological polar surface area (TPSA) is 0 Å². The Kier molecular flexibility index (Phi) is 1.56. The van der Waals surface area contributed by atoms with Crippen LogP contribution in [0.2, 0.25) is 0 Å². The summed E-state index contributed by atoms with van der Waals surface area (Å²) in [5, 5.41) is 0. The van der Waals surface area contributed by atoms with Gasteiger partial charge < -0.3 is 0 Å². The molecule has 0 radical (unpaired) electrons. The van der Waals surface area contributed by atoms with Crippen LogP contribution in [0.3, 0.4) is 0 Å². The Morgan fingerprint density at radius 3 is 2.79 bits per heavy atom. The van der Waals surface area contributed by atoms with Gasteiger partial charge in [-0.3, -0.25) is 0 Å². The monoisotopic (exact) mass is 206 g/mol. The molecule has 1 heteroatoms. The van der Waals surface area contributed by atoms with Crippen LogP contribution in [-0.2, 0) is 12.8 Å². The summed E-state index contributed by atoms with van der Waals surface area (Å²) in [7, 11) is 0. The van der Waals surface area contributed by atoms with Gasteiger partial charge in [0.1, 0.15) is 0 Å². The second kappa shape index (κ2) is 2.44. The number of hydrogen-bond acceptors (Lipinski definition) is 1. The number of thiophene rings is 1. The van der Waals surface area contributed by atoms with Crippen LogP contribution in [0.25, 0.3) is 0 Å². The van der Waals surface area contributed by atoms with E-state index >= 15 is 0 Å². The zero-order valence-corrected chi connectivity index (χ0v) is 10.3. The van der Waals surface area contributed by atoms with E-state index in [1.165, 1.54) is 12.8 Å². The number of rotatable bonds is 1. The van der Waals surface area contributed by atoms with E-state index in [0.717, 1.165) is 11.8 Å². The summed E-state index contributed by atoms with van der Waals surface area (Å²) in [6.07, 6.45) is 2.61. The zero-order valence-electron chi connectivity index (χ0n) is 9.48. The minimum Gasteiger partial charge on any atom is -0.145 e. The summed E-state index contributed by atoms with van der Waals surface area (Å²) in [5.74, 6) is 1.89. The van der Waals surface area contributed by atoms with E-state index in [0.29, 0.717) is 5.41 Å². The zero-order chi connectivity index (χ0) is 10.1. The molecule has 0 spiro atoms. The minimum absolute atomic E-state index is 0.615. The molecule has 1 aromatic rings. The van der Waals surface area contributed by atoms with Gasteiger partial charge in [0.2, 0.25) is 0 Å². The van der Waals surface area contributed by atoms with Crippen molar-refractivity contribution in [2.45, 2.75) is 46.5 Å². The van der Waals surface area contributed by atoms with E-state index in [1.54, 1.807) is 20.9 Å². The predicted molar refractivity (Wildman–Crippen MR) is 62.2 cm³/mol.